The van der Waals surface area contributed by atoms with Crippen LogP contribution < -0.4 is 0 Å². The standard InChI is InChI=1S/C8H6BrFN4/c1-14-12-8(11-13-14)7-5(9)3-2-4-6(7)10/h2-4H,1H3. The van der Waals surface area contributed by atoms with Gasteiger partial charge in [-0.15, -0.1) is 10.2 Å². The zero-order valence-electron chi connectivity index (χ0n) is 7.28. The molecule has 0 N–H and O–H groups in total. The number of aromatic nitrogens is 4. The molecule has 0 spiro atoms. The molecule has 1 heterocycles. The molecule has 0 bridgehead atoms. The van der Waals surface area contributed by atoms with Gasteiger partial charge in [0, 0.05) is 4.47 Å². The summed E-state index contributed by atoms with van der Waals surface area (Å²) in [5, 5.41) is 11.3. The van der Waals surface area contributed by atoms with E-state index in [2.05, 4.69) is 31.3 Å². The molecule has 0 aliphatic rings. The predicted octanol–water partition coefficient (Wildman–Crippen LogP) is 1.78. The first-order valence-corrected chi connectivity index (χ1v) is 4.66. The van der Waals surface area contributed by atoms with Gasteiger partial charge in [-0.1, -0.05) is 6.07 Å². The summed E-state index contributed by atoms with van der Waals surface area (Å²) in [5.74, 6) is -0.0927. The van der Waals surface area contributed by atoms with Crippen molar-refractivity contribution < 1.29 is 4.39 Å². The van der Waals surface area contributed by atoms with Crippen molar-refractivity contribution in [3.63, 3.8) is 0 Å². The highest BCUT2D eigenvalue weighted by Crippen LogP contribution is 2.27. The molecule has 4 nitrogen and oxygen atoms in total. The molecule has 2 aromatic rings. The average Bonchev–Trinajstić information content (AvgIpc) is 2.51. The molecule has 0 saturated heterocycles. The van der Waals surface area contributed by atoms with Gasteiger partial charge in [-0.05, 0) is 33.3 Å². The van der Waals surface area contributed by atoms with E-state index >= 15 is 0 Å². The van der Waals surface area contributed by atoms with Crippen LogP contribution in [0.15, 0.2) is 22.7 Å². The van der Waals surface area contributed by atoms with Gasteiger partial charge in [0.15, 0.2) is 0 Å². The predicted molar refractivity (Wildman–Crippen MR) is 51.9 cm³/mol. The minimum absolute atomic E-state index is 0.275. The lowest BCUT2D eigenvalue weighted by atomic mass is 10.2. The molecule has 1 aromatic carbocycles. The summed E-state index contributed by atoms with van der Waals surface area (Å²) in [5.41, 5.74) is 0.334. The van der Waals surface area contributed by atoms with Crippen molar-refractivity contribution in [1.29, 1.82) is 0 Å². The number of hydrogen-bond donors (Lipinski definition) is 0. The van der Waals surface area contributed by atoms with E-state index in [1.807, 2.05) is 0 Å². The van der Waals surface area contributed by atoms with Crippen LogP contribution in [-0.2, 0) is 7.05 Å². The van der Waals surface area contributed by atoms with Gasteiger partial charge in [0.05, 0.1) is 12.6 Å². The van der Waals surface area contributed by atoms with E-state index < -0.39 is 0 Å². The van der Waals surface area contributed by atoms with Crippen LogP contribution in [0, 0.1) is 5.82 Å². The van der Waals surface area contributed by atoms with E-state index in [1.165, 1.54) is 10.9 Å². The van der Waals surface area contributed by atoms with Crippen LogP contribution in [0.25, 0.3) is 11.4 Å². The Morgan fingerprint density at radius 1 is 1.43 bits per heavy atom. The summed E-state index contributed by atoms with van der Waals surface area (Å²) >= 11 is 3.24. The summed E-state index contributed by atoms with van der Waals surface area (Å²) in [6, 6.07) is 4.70. The molecule has 14 heavy (non-hydrogen) atoms. The fourth-order valence-corrected chi connectivity index (χ4v) is 1.61. The largest absolute Gasteiger partial charge is 0.208 e. The fraction of sp³-hybridized carbons (Fsp3) is 0.125. The highest BCUT2D eigenvalue weighted by molar-refractivity contribution is 9.10. The molecule has 0 unspecified atom stereocenters. The SMILES string of the molecule is Cn1nnc(-c2c(F)cccc2Br)n1. The monoisotopic (exact) mass is 256 g/mol. The van der Waals surface area contributed by atoms with E-state index in [0.717, 1.165) is 0 Å². The quantitative estimate of drug-likeness (QED) is 0.782. The number of halogens is 2. The molecule has 1 aromatic heterocycles. The normalized spacial score (nSPS) is 10.5. The fourth-order valence-electron chi connectivity index (χ4n) is 1.10. The number of hydrogen-bond acceptors (Lipinski definition) is 3. The van der Waals surface area contributed by atoms with Gasteiger partial charge in [0.25, 0.3) is 0 Å². The maximum atomic E-state index is 13.4. The molecule has 0 aliphatic heterocycles. The number of benzene rings is 1. The van der Waals surface area contributed by atoms with Gasteiger partial charge in [-0.25, -0.2) is 4.39 Å². The molecular formula is C8H6BrFN4. The van der Waals surface area contributed by atoms with Crippen molar-refractivity contribution in [2.24, 2.45) is 7.05 Å². The zero-order chi connectivity index (χ0) is 10.1. The molecular weight excluding hydrogens is 251 g/mol. The second-order valence-electron chi connectivity index (χ2n) is 2.70. The Balaban J connectivity index is 2.61. The Hall–Kier alpha value is -1.30. The topological polar surface area (TPSA) is 43.6 Å². The summed E-state index contributed by atoms with van der Waals surface area (Å²) in [4.78, 5) is 1.29. The van der Waals surface area contributed by atoms with Gasteiger partial charge >= 0.3 is 0 Å². The lowest BCUT2D eigenvalue weighted by molar-refractivity contribution is 0.625. The number of nitrogens with zero attached hydrogens (tertiary/aromatic N) is 4. The minimum Gasteiger partial charge on any atom is -0.206 e. The van der Waals surface area contributed by atoms with Gasteiger partial charge in [0.2, 0.25) is 5.82 Å². The lowest BCUT2D eigenvalue weighted by Gasteiger charge is -1.99. The van der Waals surface area contributed by atoms with E-state index in [0.29, 0.717) is 10.0 Å². The highest BCUT2D eigenvalue weighted by Gasteiger charge is 2.13. The van der Waals surface area contributed by atoms with Crippen LogP contribution in [0.3, 0.4) is 0 Å². The third-order valence-electron chi connectivity index (χ3n) is 1.69. The van der Waals surface area contributed by atoms with Crippen molar-refractivity contribution in [1.82, 2.24) is 20.2 Å². The summed E-state index contributed by atoms with van der Waals surface area (Å²) in [6.45, 7) is 0. The first-order valence-electron chi connectivity index (χ1n) is 3.87. The minimum atomic E-state index is -0.368. The van der Waals surface area contributed by atoms with Gasteiger partial charge in [-0.2, -0.15) is 4.80 Å². The molecule has 0 amide bonds. The van der Waals surface area contributed by atoms with E-state index in [-0.39, 0.29) is 11.6 Å². The smallest absolute Gasteiger partial charge is 0.206 e. The third-order valence-corrected chi connectivity index (χ3v) is 2.36. The van der Waals surface area contributed by atoms with Crippen molar-refractivity contribution in [2.45, 2.75) is 0 Å². The van der Waals surface area contributed by atoms with Gasteiger partial charge in [-0.3, -0.25) is 0 Å². The molecule has 72 valence electrons. The summed E-state index contributed by atoms with van der Waals surface area (Å²) in [7, 11) is 1.63. The number of aryl methyl sites for hydroxylation is 1. The van der Waals surface area contributed by atoms with Crippen molar-refractivity contribution in [3.05, 3.63) is 28.5 Å². The van der Waals surface area contributed by atoms with Crippen LogP contribution in [0.4, 0.5) is 4.39 Å². The Morgan fingerprint density at radius 3 is 2.79 bits per heavy atom. The molecule has 0 saturated carbocycles. The Morgan fingerprint density at radius 2 is 2.21 bits per heavy atom. The zero-order valence-corrected chi connectivity index (χ0v) is 8.86. The van der Waals surface area contributed by atoms with E-state index in [4.69, 9.17) is 0 Å². The third kappa shape index (κ3) is 1.52. The van der Waals surface area contributed by atoms with Crippen LogP contribution in [0.5, 0.6) is 0 Å². The van der Waals surface area contributed by atoms with Crippen molar-refractivity contribution in [2.75, 3.05) is 0 Å². The second kappa shape index (κ2) is 3.45. The molecule has 0 radical (unpaired) electrons. The van der Waals surface area contributed by atoms with E-state index in [9.17, 15) is 4.39 Å². The van der Waals surface area contributed by atoms with Crippen molar-refractivity contribution in [3.8, 4) is 11.4 Å². The first-order chi connectivity index (χ1) is 6.68. The van der Waals surface area contributed by atoms with Crippen LogP contribution >= 0.6 is 15.9 Å². The first kappa shape index (κ1) is 9.26. The lowest BCUT2D eigenvalue weighted by Crippen LogP contribution is -1.93. The van der Waals surface area contributed by atoms with Gasteiger partial charge in [0.1, 0.15) is 5.82 Å². The summed E-state index contributed by atoms with van der Waals surface area (Å²) < 4.78 is 14.0. The molecule has 6 heteroatoms. The second-order valence-corrected chi connectivity index (χ2v) is 3.55. The molecule has 0 aliphatic carbocycles. The average molecular weight is 257 g/mol. The maximum absolute atomic E-state index is 13.4. The maximum Gasteiger partial charge on any atom is 0.208 e. The summed E-state index contributed by atoms with van der Waals surface area (Å²) in [6.07, 6.45) is 0. The van der Waals surface area contributed by atoms with E-state index in [1.54, 1.807) is 19.2 Å². The van der Waals surface area contributed by atoms with Gasteiger partial charge < -0.3 is 0 Å². The number of tetrazole rings is 1. The molecule has 0 fully saturated rings. The molecule has 2 rings (SSSR count). The number of rotatable bonds is 1. The highest BCUT2D eigenvalue weighted by atomic mass is 79.9. The van der Waals surface area contributed by atoms with Crippen molar-refractivity contribution >= 4 is 15.9 Å². The Kier molecular flexibility index (Phi) is 2.28. The Bertz CT molecular complexity index is 448. The van der Waals surface area contributed by atoms with Crippen LogP contribution in [0.2, 0.25) is 0 Å². The molecule has 0 atom stereocenters. The Labute approximate surface area is 87.9 Å². The van der Waals surface area contributed by atoms with Crippen LogP contribution in [0.1, 0.15) is 0 Å². The van der Waals surface area contributed by atoms with Crippen LogP contribution in [-0.4, -0.2) is 20.2 Å².